The molecule has 0 bridgehead atoms. The number of esters is 1. The van der Waals surface area contributed by atoms with E-state index in [4.69, 9.17) is 10.5 Å². The van der Waals surface area contributed by atoms with Crippen LogP contribution >= 0.6 is 11.3 Å². The second kappa shape index (κ2) is 15.5. The fourth-order valence-electron chi connectivity index (χ4n) is 4.25. The number of aliphatic hydroxyl groups excluding tert-OH is 1. The fourth-order valence-corrected chi connectivity index (χ4v) is 5.05. The van der Waals surface area contributed by atoms with Crippen molar-refractivity contribution in [3.05, 3.63) is 51.7 Å². The first-order valence-electron chi connectivity index (χ1n) is 12.8. The van der Waals surface area contributed by atoms with Gasteiger partial charge >= 0.3 is 5.97 Å². The highest BCUT2D eigenvalue weighted by Crippen LogP contribution is 2.27. The topological polar surface area (TPSA) is 135 Å². The standard InChI is InChI=1S/C27H39FN4O5S/c1-5-12-32(24(34)15-29)22(17(2)3)14-23(33)27-31-21(16-38-27)26(36)30-20(10-11-25(35)37-4)13-18-6-8-19(28)9-7-18/h6-9,16-17,20,22-23,33H,5,10-15,29H2,1-4H3,(H,30,36). The van der Waals surface area contributed by atoms with E-state index in [9.17, 15) is 23.9 Å². The van der Waals surface area contributed by atoms with Crippen molar-refractivity contribution in [3.8, 4) is 0 Å². The first-order chi connectivity index (χ1) is 18.1. The molecule has 0 aliphatic carbocycles. The highest BCUT2D eigenvalue weighted by Gasteiger charge is 2.29. The smallest absolute Gasteiger partial charge is 0.305 e. The predicted octanol–water partition coefficient (Wildman–Crippen LogP) is 3.22. The van der Waals surface area contributed by atoms with E-state index in [1.54, 1.807) is 22.4 Å². The van der Waals surface area contributed by atoms with Crippen molar-refractivity contribution >= 4 is 29.1 Å². The van der Waals surface area contributed by atoms with Crippen LogP contribution in [-0.2, 0) is 20.7 Å². The summed E-state index contributed by atoms with van der Waals surface area (Å²) in [5.41, 5.74) is 6.56. The molecule has 11 heteroatoms. The summed E-state index contributed by atoms with van der Waals surface area (Å²) >= 11 is 1.17. The first-order valence-corrected chi connectivity index (χ1v) is 13.7. The SMILES string of the molecule is CCCN(C(=O)CN)C(CC(O)c1nc(C(=O)NC(CCC(=O)OC)Cc2ccc(F)cc2)cs1)C(C)C. The number of carbonyl (C=O) groups is 3. The number of nitrogens with two attached hydrogens (primary N) is 1. The Hall–Kier alpha value is -2.89. The highest BCUT2D eigenvalue weighted by molar-refractivity contribution is 7.09. The number of rotatable bonds is 15. The zero-order valence-electron chi connectivity index (χ0n) is 22.5. The number of nitrogens with one attached hydrogen (secondary N) is 1. The normalized spacial score (nSPS) is 13.6. The maximum Gasteiger partial charge on any atom is 0.305 e. The van der Waals surface area contributed by atoms with Crippen LogP contribution in [0.1, 0.15) is 73.6 Å². The minimum atomic E-state index is -0.965. The minimum absolute atomic E-state index is 0.0801. The van der Waals surface area contributed by atoms with Gasteiger partial charge in [0.2, 0.25) is 5.91 Å². The van der Waals surface area contributed by atoms with Gasteiger partial charge in [0.15, 0.2) is 0 Å². The van der Waals surface area contributed by atoms with Crippen molar-refractivity contribution in [1.82, 2.24) is 15.2 Å². The average molecular weight is 551 g/mol. The molecule has 0 radical (unpaired) electrons. The summed E-state index contributed by atoms with van der Waals surface area (Å²) in [5.74, 6) is -1.29. The molecule has 0 aliphatic rings. The van der Waals surface area contributed by atoms with Crippen molar-refractivity contribution in [2.75, 3.05) is 20.2 Å². The number of halogens is 1. The average Bonchev–Trinajstić information content (AvgIpc) is 3.40. The van der Waals surface area contributed by atoms with Crippen LogP contribution in [0.4, 0.5) is 4.39 Å². The van der Waals surface area contributed by atoms with Crippen LogP contribution in [0.2, 0.25) is 0 Å². The Kier molecular flexibility index (Phi) is 12.8. The monoisotopic (exact) mass is 550 g/mol. The number of methoxy groups -OCH3 is 1. The molecule has 9 nitrogen and oxygen atoms in total. The summed E-state index contributed by atoms with van der Waals surface area (Å²) in [7, 11) is 1.30. The van der Waals surface area contributed by atoms with Gasteiger partial charge in [0, 0.05) is 36.9 Å². The summed E-state index contributed by atoms with van der Waals surface area (Å²) < 4.78 is 18.0. The molecule has 1 heterocycles. The van der Waals surface area contributed by atoms with Crippen molar-refractivity contribution in [3.63, 3.8) is 0 Å². The van der Waals surface area contributed by atoms with E-state index in [0.717, 1.165) is 12.0 Å². The van der Waals surface area contributed by atoms with E-state index in [1.165, 1.54) is 30.6 Å². The van der Waals surface area contributed by atoms with Crippen LogP contribution in [-0.4, -0.2) is 65.1 Å². The molecule has 0 saturated carbocycles. The molecule has 38 heavy (non-hydrogen) atoms. The van der Waals surface area contributed by atoms with E-state index in [-0.39, 0.29) is 48.8 Å². The van der Waals surface area contributed by atoms with Gasteiger partial charge in [-0.25, -0.2) is 9.37 Å². The number of ether oxygens (including phenoxy) is 1. The van der Waals surface area contributed by atoms with E-state index in [2.05, 4.69) is 10.3 Å². The number of nitrogens with zero attached hydrogens (tertiary/aromatic N) is 2. The third-order valence-corrected chi connectivity index (χ3v) is 7.23. The van der Waals surface area contributed by atoms with Gasteiger partial charge in [-0.05, 0) is 42.9 Å². The molecule has 2 rings (SSSR count). The fraction of sp³-hybridized carbons (Fsp3) is 0.556. The molecule has 0 aliphatic heterocycles. The molecule has 0 saturated heterocycles. The van der Waals surface area contributed by atoms with Crippen molar-refractivity contribution < 1.29 is 28.6 Å². The lowest BCUT2D eigenvalue weighted by molar-refractivity contribution is -0.140. The number of amides is 2. The Morgan fingerprint density at radius 1 is 1.24 bits per heavy atom. The molecule has 2 amide bonds. The van der Waals surface area contributed by atoms with Crippen LogP contribution in [0.25, 0.3) is 0 Å². The zero-order valence-corrected chi connectivity index (χ0v) is 23.3. The minimum Gasteiger partial charge on any atom is -0.469 e. The van der Waals surface area contributed by atoms with E-state index in [0.29, 0.717) is 24.4 Å². The molecule has 3 unspecified atom stereocenters. The predicted molar refractivity (Wildman–Crippen MR) is 144 cm³/mol. The Labute approximate surface area is 227 Å². The van der Waals surface area contributed by atoms with Crippen LogP contribution in [0.5, 0.6) is 0 Å². The number of hydrogen-bond donors (Lipinski definition) is 3. The molecular formula is C27H39FN4O5S. The van der Waals surface area contributed by atoms with E-state index < -0.39 is 24.0 Å². The Balaban J connectivity index is 2.12. The zero-order chi connectivity index (χ0) is 28.2. The molecule has 0 fully saturated rings. The largest absolute Gasteiger partial charge is 0.469 e. The Morgan fingerprint density at radius 2 is 1.92 bits per heavy atom. The summed E-state index contributed by atoms with van der Waals surface area (Å²) in [6.07, 6.45) is 0.894. The number of aliphatic hydroxyl groups is 1. The van der Waals surface area contributed by atoms with Crippen molar-refractivity contribution in [1.29, 1.82) is 0 Å². The van der Waals surface area contributed by atoms with Crippen LogP contribution in [0, 0.1) is 11.7 Å². The number of carbonyl (C=O) groups excluding carboxylic acids is 3. The molecule has 1 aromatic heterocycles. The number of hydrogen-bond acceptors (Lipinski definition) is 8. The second-order valence-corrected chi connectivity index (χ2v) is 10.4. The molecule has 3 atom stereocenters. The van der Waals surface area contributed by atoms with Gasteiger partial charge in [-0.1, -0.05) is 32.9 Å². The van der Waals surface area contributed by atoms with Gasteiger partial charge in [0.05, 0.1) is 13.7 Å². The maximum absolute atomic E-state index is 13.3. The summed E-state index contributed by atoms with van der Waals surface area (Å²) in [6.45, 7) is 6.39. The molecule has 0 spiro atoms. The Morgan fingerprint density at radius 3 is 2.50 bits per heavy atom. The lowest BCUT2D eigenvalue weighted by atomic mass is 9.95. The van der Waals surface area contributed by atoms with Gasteiger partial charge in [-0.15, -0.1) is 11.3 Å². The van der Waals surface area contributed by atoms with Crippen LogP contribution in [0.3, 0.4) is 0 Å². The number of thiazole rings is 1. The number of aromatic nitrogens is 1. The Bertz CT molecular complexity index is 1050. The van der Waals surface area contributed by atoms with Gasteiger partial charge in [-0.3, -0.25) is 14.4 Å². The lowest BCUT2D eigenvalue weighted by Gasteiger charge is -2.35. The summed E-state index contributed by atoms with van der Waals surface area (Å²) in [6, 6.07) is 5.29. The van der Waals surface area contributed by atoms with Crippen LogP contribution < -0.4 is 11.1 Å². The third kappa shape index (κ3) is 9.45. The number of benzene rings is 1. The molecule has 210 valence electrons. The van der Waals surface area contributed by atoms with Gasteiger partial charge < -0.3 is 25.8 Å². The highest BCUT2D eigenvalue weighted by atomic mass is 32.1. The molecule has 2 aromatic rings. The molecule has 1 aromatic carbocycles. The van der Waals surface area contributed by atoms with Gasteiger partial charge in [0.25, 0.3) is 5.91 Å². The first kappa shape index (κ1) is 31.3. The molecule has 4 N–H and O–H groups in total. The van der Waals surface area contributed by atoms with Crippen molar-refractivity contribution in [2.24, 2.45) is 11.7 Å². The summed E-state index contributed by atoms with van der Waals surface area (Å²) in [5, 5.41) is 15.8. The third-order valence-electron chi connectivity index (χ3n) is 6.29. The van der Waals surface area contributed by atoms with Gasteiger partial charge in [0.1, 0.15) is 22.6 Å². The van der Waals surface area contributed by atoms with E-state index >= 15 is 0 Å². The van der Waals surface area contributed by atoms with Crippen molar-refractivity contribution in [2.45, 2.75) is 71.1 Å². The second-order valence-electron chi connectivity index (χ2n) is 9.54. The van der Waals surface area contributed by atoms with Crippen LogP contribution in [0.15, 0.2) is 29.6 Å². The molecular weight excluding hydrogens is 511 g/mol. The maximum atomic E-state index is 13.3. The van der Waals surface area contributed by atoms with Gasteiger partial charge in [-0.2, -0.15) is 0 Å². The van der Waals surface area contributed by atoms with E-state index in [1.807, 2.05) is 20.8 Å². The lowest BCUT2D eigenvalue weighted by Crippen LogP contribution is -2.47. The summed E-state index contributed by atoms with van der Waals surface area (Å²) in [4.78, 5) is 43.2. The quantitative estimate of drug-likeness (QED) is 0.290.